The molecule has 4 fully saturated rings. The van der Waals surface area contributed by atoms with E-state index >= 15 is 0 Å². The number of hydrogen-bond acceptors (Lipinski definition) is 9. The minimum absolute atomic E-state index is 0.118. The number of guanidine groups is 1. The van der Waals surface area contributed by atoms with Crippen molar-refractivity contribution in [2.24, 2.45) is 34.6 Å². The molecule has 48 heavy (non-hydrogen) atoms. The van der Waals surface area contributed by atoms with Crippen molar-refractivity contribution >= 4 is 17.8 Å². The van der Waals surface area contributed by atoms with E-state index in [0.29, 0.717) is 11.5 Å². The number of hydrogen-bond donors (Lipinski definition) is 8. The molecule has 7 rings (SSSR count). The van der Waals surface area contributed by atoms with Crippen LogP contribution in [0.5, 0.6) is 5.75 Å². The van der Waals surface area contributed by atoms with E-state index < -0.39 is 29.9 Å². The third-order valence-corrected chi connectivity index (χ3v) is 10.6. The highest BCUT2D eigenvalue weighted by atomic mass is 16.5. The Labute approximate surface area is 280 Å². The smallest absolute Gasteiger partial charge is 0.249 e. The van der Waals surface area contributed by atoms with Crippen molar-refractivity contribution in [3.8, 4) is 5.75 Å². The van der Waals surface area contributed by atoms with Gasteiger partial charge in [-0.25, -0.2) is 4.98 Å². The van der Waals surface area contributed by atoms with Gasteiger partial charge in [-0.3, -0.25) is 15.0 Å². The number of rotatable bonds is 14. The number of aromatic hydroxyl groups is 1. The van der Waals surface area contributed by atoms with E-state index in [1.165, 1.54) is 38.5 Å². The Morgan fingerprint density at radius 1 is 1.04 bits per heavy atom. The average molecular weight is 661 g/mol. The molecule has 0 aliphatic heterocycles. The summed E-state index contributed by atoms with van der Waals surface area (Å²) >= 11 is 0. The van der Waals surface area contributed by atoms with Crippen LogP contribution in [-0.4, -0.2) is 61.6 Å². The first kappa shape index (κ1) is 33.4. The molecule has 2 heterocycles. The van der Waals surface area contributed by atoms with Gasteiger partial charge in [-0.15, -0.1) is 0 Å². The zero-order valence-electron chi connectivity index (χ0n) is 27.7. The third-order valence-electron chi connectivity index (χ3n) is 10.6. The molecule has 4 saturated carbocycles. The van der Waals surface area contributed by atoms with Gasteiger partial charge in [-0.1, -0.05) is 5.16 Å². The molecule has 3 aromatic rings. The average Bonchev–Trinajstić information content (AvgIpc) is 3.69. The van der Waals surface area contributed by atoms with E-state index in [2.05, 4.69) is 31.1 Å². The molecule has 0 saturated heterocycles. The van der Waals surface area contributed by atoms with Crippen LogP contribution in [0.1, 0.15) is 85.1 Å². The SMILES string of the molecule is Cc1cc(O)cc(C)c1CC(NC(=O)C(CCN)NC(=N)N)C(=O)NC(Cc1c[nH]cn1)c1nc(CC23CC4CC(CC(C4)C2)C3)no1. The predicted molar refractivity (Wildman–Crippen MR) is 178 cm³/mol. The molecular weight excluding hydrogens is 612 g/mol. The normalized spacial score (nSPS) is 24.5. The Balaban J connectivity index is 1.24. The fourth-order valence-electron chi connectivity index (χ4n) is 9.01. The second-order valence-electron chi connectivity index (χ2n) is 14.5. The number of phenolic OH excluding ortho intramolecular Hbond substituents is 1. The quantitative estimate of drug-likeness (QED) is 0.0927. The lowest BCUT2D eigenvalue weighted by atomic mass is 9.49. The van der Waals surface area contributed by atoms with Crippen molar-refractivity contribution in [1.82, 2.24) is 36.1 Å². The molecule has 3 atom stereocenters. The van der Waals surface area contributed by atoms with Crippen LogP contribution in [0.2, 0.25) is 0 Å². The number of carbonyl (C=O) groups excluding carboxylic acids is 2. The van der Waals surface area contributed by atoms with E-state index in [9.17, 15) is 14.7 Å². The van der Waals surface area contributed by atoms with Crippen molar-refractivity contribution < 1.29 is 19.2 Å². The van der Waals surface area contributed by atoms with E-state index in [1.807, 2.05) is 13.8 Å². The van der Waals surface area contributed by atoms with Crippen molar-refractivity contribution in [2.75, 3.05) is 6.54 Å². The van der Waals surface area contributed by atoms with Gasteiger partial charge in [0.2, 0.25) is 17.7 Å². The Bertz CT molecular complexity index is 1560. The van der Waals surface area contributed by atoms with Gasteiger partial charge in [-0.05, 0) is 117 Å². The summed E-state index contributed by atoms with van der Waals surface area (Å²) in [6, 6.07) is 0.586. The molecular formula is C34H48N10O4. The van der Waals surface area contributed by atoms with Gasteiger partial charge in [0.05, 0.1) is 12.0 Å². The van der Waals surface area contributed by atoms with Crippen LogP contribution >= 0.6 is 0 Å². The highest BCUT2D eigenvalue weighted by molar-refractivity contribution is 5.92. The Morgan fingerprint density at radius 3 is 2.27 bits per heavy atom. The minimum Gasteiger partial charge on any atom is -0.508 e. The van der Waals surface area contributed by atoms with Gasteiger partial charge in [0.25, 0.3) is 0 Å². The minimum atomic E-state index is -1.04. The Kier molecular flexibility index (Phi) is 9.72. The molecule has 0 radical (unpaired) electrons. The van der Waals surface area contributed by atoms with Gasteiger partial charge in [0, 0.05) is 25.5 Å². The van der Waals surface area contributed by atoms with Crippen molar-refractivity contribution in [3.05, 3.63) is 58.8 Å². The molecule has 10 N–H and O–H groups in total. The fourth-order valence-corrected chi connectivity index (χ4v) is 9.01. The number of aromatic amines is 1. The number of aromatic nitrogens is 4. The monoisotopic (exact) mass is 660 g/mol. The summed E-state index contributed by atoms with van der Waals surface area (Å²) in [7, 11) is 0. The van der Waals surface area contributed by atoms with Crippen molar-refractivity contribution in [1.29, 1.82) is 5.41 Å². The number of amides is 2. The van der Waals surface area contributed by atoms with Crippen LogP contribution in [0.15, 0.2) is 29.2 Å². The number of imidazole rings is 1. The van der Waals surface area contributed by atoms with Crippen molar-refractivity contribution in [2.45, 2.75) is 96.2 Å². The zero-order valence-corrected chi connectivity index (χ0v) is 27.7. The topological polar surface area (TPSA) is 234 Å². The molecule has 2 aromatic heterocycles. The molecule has 4 bridgehead atoms. The van der Waals surface area contributed by atoms with Crippen LogP contribution in [0, 0.1) is 42.4 Å². The van der Waals surface area contributed by atoms with Crippen LogP contribution < -0.4 is 27.4 Å². The molecule has 4 aliphatic carbocycles. The maximum absolute atomic E-state index is 14.2. The lowest BCUT2D eigenvalue weighted by Gasteiger charge is -2.56. The summed E-state index contributed by atoms with van der Waals surface area (Å²) in [5.41, 5.74) is 14.6. The van der Waals surface area contributed by atoms with Crippen LogP contribution in [0.4, 0.5) is 0 Å². The summed E-state index contributed by atoms with van der Waals surface area (Å²) in [5, 5.41) is 30.7. The van der Waals surface area contributed by atoms with E-state index in [-0.39, 0.29) is 48.8 Å². The molecule has 14 heteroatoms. The highest BCUT2D eigenvalue weighted by Gasteiger charge is 2.51. The second kappa shape index (κ2) is 14.0. The number of nitrogens with zero attached hydrogens (tertiary/aromatic N) is 3. The third kappa shape index (κ3) is 7.64. The van der Waals surface area contributed by atoms with Gasteiger partial charge < -0.3 is 42.0 Å². The van der Waals surface area contributed by atoms with E-state index in [1.54, 1.807) is 24.7 Å². The fraction of sp³-hybridized carbons (Fsp3) is 0.588. The Morgan fingerprint density at radius 2 is 1.69 bits per heavy atom. The number of benzene rings is 1. The van der Waals surface area contributed by atoms with Gasteiger partial charge in [0.1, 0.15) is 23.9 Å². The van der Waals surface area contributed by atoms with Gasteiger partial charge >= 0.3 is 0 Å². The lowest BCUT2D eigenvalue weighted by molar-refractivity contribution is -0.130. The van der Waals surface area contributed by atoms with Crippen molar-refractivity contribution in [3.63, 3.8) is 0 Å². The molecule has 3 unspecified atom stereocenters. The van der Waals surface area contributed by atoms with E-state index in [0.717, 1.165) is 40.9 Å². The highest BCUT2D eigenvalue weighted by Crippen LogP contribution is 2.60. The first-order chi connectivity index (χ1) is 23.0. The first-order valence-corrected chi connectivity index (χ1v) is 17.0. The number of carbonyl (C=O) groups is 2. The summed E-state index contributed by atoms with van der Waals surface area (Å²) in [4.78, 5) is 39.8. The number of nitrogens with one attached hydrogen (secondary N) is 5. The second-order valence-corrected chi connectivity index (χ2v) is 14.5. The summed E-state index contributed by atoms with van der Waals surface area (Å²) in [6.07, 6.45) is 12.4. The predicted octanol–water partition coefficient (Wildman–Crippen LogP) is 2.20. The first-order valence-electron chi connectivity index (χ1n) is 17.0. The van der Waals surface area contributed by atoms with Crippen LogP contribution in [0.25, 0.3) is 0 Å². The molecule has 258 valence electrons. The lowest BCUT2D eigenvalue weighted by Crippen LogP contribution is -2.56. The molecule has 1 aromatic carbocycles. The number of phenols is 1. The largest absolute Gasteiger partial charge is 0.508 e. The standard InChI is InChI=1S/C34H48N10O4/c1-18-5-24(45)6-19(2)25(18)11-27(40-30(46)26(3-4-35)42-33(36)37)31(47)41-28(10-23-16-38-17-39-23)32-43-29(44-48-32)15-34-12-20-7-21(13-34)9-22(8-20)14-34/h5-6,16-17,20-22,26-28,45H,3-4,7-15,35H2,1-2H3,(H,38,39)(H,40,46)(H,41,47)(H4,36,37,42). The number of aryl methyl sites for hydroxylation is 2. The summed E-state index contributed by atoms with van der Waals surface area (Å²) in [6.45, 7) is 3.86. The maximum atomic E-state index is 14.2. The molecule has 2 amide bonds. The molecule has 4 aliphatic rings. The van der Waals surface area contributed by atoms with Gasteiger partial charge in [0.15, 0.2) is 11.8 Å². The van der Waals surface area contributed by atoms with E-state index in [4.69, 9.17) is 26.4 Å². The number of H-pyrrole nitrogens is 1. The maximum Gasteiger partial charge on any atom is 0.249 e. The summed E-state index contributed by atoms with van der Waals surface area (Å²) in [5.74, 6) is 2.10. The molecule has 0 spiro atoms. The summed E-state index contributed by atoms with van der Waals surface area (Å²) < 4.78 is 5.84. The number of nitrogens with two attached hydrogens (primary N) is 2. The van der Waals surface area contributed by atoms with Crippen LogP contribution in [0.3, 0.4) is 0 Å². The van der Waals surface area contributed by atoms with Gasteiger partial charge in [-0.2, -0.15) is 4.98 Å². The molecule has 14 nitrogen and oxygen atoms in total. The Hall–Kier alpha value is -4.46. The zero-order chi connectivity index (χ0) is 34.0. The van der Waals surface area contributed by atoms with Crippen LogP contribution in [-0.2, 0) is 28.9 Å².